The van der Waals surface area contributed by atoms with E-state index in [2.05, 4.69) is 57.0 Å². The normalized spacial score (nSPS) is 25.4. The van der Waals surface area contributed by atoms with Crippen LogP contribution in [0.3, 0.4) is 0 Å². The van der Waals surface area contributed by atoms with Crippen molar-refractivity contribution < 1.29 is 9.59 Å². The van der Waals surface area contributed by atoms with Crippen LogP contribution in [0.5, 0.6) is 0 Å². The van der Waals surface area contributed by atoms with E-state index < -0.39 is 0 Å². The minimum absolute atomic E-state index is 0. The van der Waals surface area contributed by atoms with Crippen LogP contribution in [0, 0.1) is 23.7 Å². The van der Waals surface area contributed by atoms with Crippen molar-refractivity contribution in [2.24, 2.45) is 28.7 Å². The summed E-state index contributed by atoms with van der Waals surface area (Å²) in [7, 11) is 1.71. The summed E-state index contributed by atoms with van der Waals surface area (Å²) >= 11 is 0. The first kappa shape index (κ1) is 23.5. The van der Waals surface area contributed by atoms with Crippen LogP contribution in [0.1, 0.15) is 17.5 Å². The van der Waals surface area contributed by atoms with Gasteiger partial charge in [-0.05, 0) is 29.4 Å². The molecule has 174 valence electrons. The third kappa shape index (κ3) is 4.68. The first-order valence-corrected chi connectivity index (χ1v) is 11.2. The SMILES string of the molecule is CN=C(NCCN1C(=O)C2C3C=CC(C3)C2C1=O)NCc1ccc(Cn2ccnc2)cc1.I. The van der Waals surface area contributed by atoms with Crippen LogP contribution < -0.4 is 10.6 Å². The number of allylic oxidation sites excluding steroid dienone is 2. The molecule has 0 spiro atoms. The maximum atomic E-state index is 12.8. The number of rotatable bonds is 7. The minimum atomic E-state index is -0.133. The quantitative estimate of drug-likeness (QED) is 0.178. The number of aliphatic imine (C=N–C) groups is 1. The average molecular weight is 560 g/mol. The molecule has 2 fully saturated rings. The molecule has 2 amide bonds. The number of fused-ring (bicyclic) bond motifs is 5. The molecule has 3 aliphatic rings. The number of nitrogens with zero attached hydrogens (tertiary/aromatic N) is 4. The third-order valence-corrected chi connectivity index (χ3v) is 6.82. The number of nitrogens with one attached hydrogen (secondary N) is 2. The van der Waals surface area contributed by atoms with Gasteiger partial charge >= 0.3 is 0 Å². The lowest BCUT2D eigenvalue weighted by atomic mass is 9.85. The summed E-state index contributed by atoms with van der Waals surface area (Å²) in [5.74, 6) is 0.877. The summed E-state index contributed by atoms with van der Waals surface area (Å²) in [6.45, 7) is 2.27. The highest BCUT2D eigenvalue weighted by molar-refractivity contribution is 14.0. The Morgan fingerprint density at radius 2 is 1.73 bits per heavy atom. The number of hydrogen-bond acceptors (Lipinski definition) is 4. The number of aromatic nitrogens is 2. The van der Waals surface area contributed by atoms with Crippen molar-refractivity contribution in [3.8, 4) is 0 Å². The zero-order valence-corrected chi connectivity index (χ0v) is 20.9. The summed E-state index contributed by atoms with van der Waals surface area (Å²) in [4.78, 5) is 35.3. The maximum Gasteiger partial charge on any atom is 0.233 e. The number of imidazole rings is 1. The fourth-order valence-corrected chi connectivity index (χ4v) is 5.23. The fraction of sp³-hybridized carbons (Fsp3) is 0.417. The number of carbonyl (C=O) groups excluding carboxylic acids is 2. The first-order chi connectivity index (χ1) is 15.6. The largest absolute Gasteiger partial charge is 0.355 e. The summed E-state index contributed by atoms with van der Waals surface area (Å²) < 4.78 is 2.03. The molecule has 2 bridgehead atoms. The lowest BCUT2D eigenvalue weighted by molar-refractivity contribution is -0.140. The lowest BCUT2D eigenvalue weighted by Gasteiger charge is -2.18. The van der Waals surface area contributed by atoms with Gasteiger partial charge in [0.2, 0.25) is 11.8 Å². The number of benzene rings is 1. The predicted octanol–water partition coefficient (Wildman–Crippen LogP) is 2.02. The minimum Gasteiger partial charge on any atom is -0.355 e. The molecule has 2 aromatic rings. The van der Waals surface area contributed by atoms with Crippen molar-refractivity contribution in [2.75, 3.05) is 20.1 Å². The van der Waals surface area contributed by atoms with Crippen LogP contribution in [-0.2, 0) is 22.7 Å². The van der Waals surface area contributed by atoms with Crippen LogP contribution in [0.2, 0.25) is 0 Å². The summed E-state index contributed by atoms with van der Waals surface area (Å²) in [6.07, 6.45) is 10.7. The molecule has 0 radical (unpaired) electrons. The highest BCUT2D eigenvalue weighted by Gasteiger charge is 2.58. The van der Waals surface area contributed by atoms with Gasteiger partial charge in [-0.2, -0.15) is 0 Å². The van der Waals surface area contributed by atoms with Crippen molar-refractivity contribution in [1.82, 2.24) is 25.1 Å². The van der Waals surface area contributed by atoms with Crippen molar-refractivity contribution >= 4 is 41.8 Å². The topological polar surface area (TPSA) is 91.6 Å². The van der Waals surface area contributed by atoms with Crippen LogP contribution in [0.15, 0.2) is 60.1 Å². The smallest absolute Gasteiger partial charge is 0.233 e. The van der Waals surface area contributed by atoms with E-state index in [0.717, 1.165) is 18.5 Å². The summed E-state index contributed by atoms with van der Waals surface area (Å²) in [5, 5.41) is 6.51. The van der Waals surface area contributed by atoms with Gasteiger partial charge in [-0.1, -0.05) is 36.4 Å². The van der Waals surface area contributed by atoms with Crippen molar-refractivity contribution in [2.45, 2.75) is 19.5 Å². The Kier molecular flexibility index (Phi) is 7.16. The number of halogens is 1. The highest BCUT2D eigenvalue weighted by Crippen LogP contribution is 2.52. The number of carbonyl (C=O) groups is 2. The van der Waals surface area contributed by atoms with Gasteiger partial charge in [0.25, 0.3) is 0 Å². The van der Waals surface area contributed by atoms with Gasteiger partial charge in [-0.15, -0.1) is 24.0 Å². The number of likely N-dealkylation sites (tertiary alicyclic amines) is 1. The van der Waals surface area contributed by atoms with E-state index >= 15 is 0 Å². The van der Waals surface area contributed by atoms with Gasteiger partial charge in [-0.3, -0.25) is 19.5 Å². The Morgan fingerprint density at radius 1 is 1.06 bits per heavy atom. The second kappa shape index (κ2) is 10.1. The van der Waals surface area contributed by atoms with E-state index in [9.17, 15) is 9.59 Å². The standard InChI is InChI=1S/C24H28N6O2.HI/c1-25-24(28-13-16-2-4-17(5-3-16)14-29-10-8-26-15-29)27-9-11-30-22(31)20-18-6-7-19(12-18)21(20)23(30)32;/h2-8,10,15,18-21H,9,11-14H2,1H3,(H2,25,27,28);1H. The van der Waals surface area contributed by atoms with Crippen LogP contribution in [-0.4, -0.2) is 52.4 Å². The second-order valence-electron chi connectivity index (χ2n) is 8.73. The zero-order chi connectivity index (χ0) is 22.1. The third-order valence-electron chi connectivity index (χ3n) is 6.82. The first-order valence-electron chi connectivity index (χ1n) is 11.2. The van der Waals surface area contributed by atoms with E-state index in [1.54, 1.807) is 13.2 Å². The molecular formula is C24H29IN6O2. The maximum absolute atomic E-state index is 12.8. The molecular weight excluding hydrogens is 531 g/mol. The molecule has 4 unspecified atom stereocenters. The molecule has 2 aliphatic carbocycles. The Morgan fingerprint density at radius 3 is 2.33 bits per heavy atom. The zero-order valence-electron chi connectivity index (χ0n) is 18.6. The van der Waals surface area contributed by atoms with Crippen molar-refractivity contribution in [1.29, 1.82) is 0 Å². The molecule has 33 heavy (non-hydrogen) atoms. The molecule has 1 aliphatic heterocycles. The molecule has 1 aromatic heterocycles. The van der Waals surface area contributed by atoms with Gasteiger partial charge < -0.3 is 15.2 Å². The molecule has 1 saturated heterocycles. The molecule has 1 aromatic carbocycles. The predicted molar refractivity (Wildman–Crippen MR) is 136 cm³/mol. The monoisotopic (exact) mass is 560 g/mol. The van der Waals surface area contributed by atoms with Crippen LogP contribution >= 0.6 is 24.0 Å². The van der Waals surface area contributed by atoms with Crippen LogP contribution in [0.4, 0.5) is 0 Å². The van der Waals surface area contributed by atoms with Crippen molar-refractivity contribution in [3.63, 3.8) is 0 Å². The summed E-state index contributed by atoms with van der Waals surface area (Å²) in [6, 6.07) is 8.40. The second-order valence-corrected chi connectivity index (χ2v) is 8.73. The molecule has 5 rings (SSSR count). The van der Waals surface area contributed by atoms with Crippen LogP contribution in [0.25, 0.3) is 0 Å². The van der Waals surface area contributed by atoms with Gasteiger partial charge in [0.15, 0.2) is 5.96 Å². The fourth-order valence-electron chi connectivity index (χ4n) is 5.23. The van der Waals surface area contributed by atoms with E-state index in [-0.39, 0.29) is 59.5 Å². The van der Waals surface area contributed by atoms with Gasteiger partial charge in [0.05, 0.1) is 18.2 Å². The summed E-state index contributed by atoms with van der Waals surface area (Å²) in [5.41, 5.74) is 2.35. The Hall–Kier alpha value is -2.69. The highest BCUT2D eigenvalue weighted by atomic mass is 127. The molecule has 2 heterocycles. The number of guanidine groups is 1. The average Bonchev–Trinajstić information content (AvgIpc) is 3.59. The van der Waals surface area contributed by atoms with E-state index in [4.69, 9.17) is 0 Å². The van der Waals surface area contributed by atoms with Gasteiger partial charge in [-0.25, -0.2) is 4.98 Å². The molecule has 4 atom stereocenters. The Balaban J connectivity index is 0.00000259. The number of imide groups is 1. The van der Waals surface area contributed by atoms with E-state index in [1.165, 1.54) is 10.5 Å². The van der Waals surface area contributed by atoms with E-state index in [1.807, 2.05) is 17.1 Å². The lowest BCUT2D eigenvalue weighted by Crippen LogP contribution is -2.43. The van der Waals surface area contributed by atoms with E-state index in [0.29, 0.717) is 25.6 Å². The molecule has 2 N–H and O–H groups in total. The van der Waals surface area contributed by atoms with Crippen molar-refractivity contribution in [3.05, 3.63) is 66.3 Å². The number of hydrogen-bond donors (Lipinski definition) is 2. The Bertz CT molecular complexity index is 1020. The van der Waals surface area contributed by atoms with Gasteiger partial charge in [0, 0.05) is 45.6 Å². The van der Waals surface area contributed by atoms with Gasteiger partial charge in [0.1, 0.15) is 0 Å². The molecule has 1 saturated carbocycles. The number of amides is 2. The molecule has 9 heteroatoms. The Labute approximate surface area is 210 Å². The molecule has 8 nitrogen and oxygen atoms in total.